The summed E-state index contributed by atoms with van der Waals surface area (Å²) in [5.41, 5.74) is 3.01. The van der Waals surface area contributed by atoms with Crippen molar-refractivity contribution in [2.24, 2.45) is 17.3 Å². The molecule has 0 aromatic heterocycles. The van der Waals surface area contributed by atoms with Gasteiger partial charge in [-0.15, -0.1) is 0 Å². The Morgan fingerprint density at radius 1 is 0.806 bits per heavy atom. The number of benzene rings is 1. The number of aryl methyl sites for hydroxylation is 1. The highest BCUT2D eigenvalue weighted by atomic mass is 14.4. The molecule has 1 heteroatoms. The van der Waals surface area contributed by atoms with Crippen LogP contribution >= 0.6 is 0 Å². The average Bonchev–Trinajstić information content (AvgIpc) is 2.83. The number of nitriles is 1. The SMILES string of the molecule is CCCCCC1CCC(CCc2ccc(C3CCC(C#N)(CCCC)CC3)cc2)CC1. The van der Waals surface area contributed by atoms with E-state index in [1.165, 1.54) is 101 Å². The molecule has 0 radical (unpaired) electrons. The van der Waals surface area contributed by atoms with Gasteiger partial charge in [-0.1, -0.05) is 102 Å². The first-order valence-electron chi connectivity index (χ1n) is 13.7. The van der Waals surface area contributed by atoms with Gasteiger partial charge in [-0.2, -0.15) is 5.26 Å². The Kier molecular flexibility index (Phi) is 9.95. The van der Waals surface area contributed by atoms with Crippen molar-refractivity contribution in [2.75, 3.05) is 0 Å². The molecule has 2 fully saturated rings. The number of hydrogen-bond acceptors (Lipinski definition) is 1. The van der Waals surface area contributed by atoms with Crippen molar-refractivity contribution >= 4 is 0 Å². The lowest BCUT2D eigenvalue weighted by atomic mass is 9.67. The smallest absolute Gasteiger partial charge is 0.0689 e. The maximum absolute atomic E-state index is 9.74. The lowest BCUT2D eigenvalue weighted by molar-refractivity contribution is 0.224. The molecular weight excluding hydrogens is 374 g/mol. The molecule has 0 bridgehead atoms. The van der Waals surface area contributed by atoms with Crippen molar-refractivity contribution in [1.82, 2.24) is 0 Å². The second kappa shape index (κ2) is 12.7. The van der Waals surface area contributed by atoms with E-state index in [9.17, 15) is 5.26 Å². The van der Waals surface area contributed by atoms with Gasteiger partial charge in [0.1, 0.15) is 0 Å². The van der Waals surface area contributed by atoms with E-state index < -0.39 is 0 Å². The highest BCUT2D eigenvalue weighted by molar-refractivity contribution is 5.26. The quantitative estimate of drug-likeness (QED) is 0.326. The number of nitrogens with zero attached hydrogens (tertiary/aromatic N) is 1. The minimum atomic E-state index is -0.0263. The maximum Gasteiger partial charge on any atom is 0.0689 e. The van der Waals surface area contributed by atoms with Gasteiger partial charge in [0.15, 0.2) is 0 Å². The van der Waals surface area contributed by atoms with E-state index in [0.29, 0.717) is 5.92 Å². The Bertz CT molecular complexity index is 651. The predicted molar refractivity (Wildman–Crippen MR) is 133 cm³/mol. The molecular formula is C30H47N. The van der Waals surface area contributed by atoms with Gasteiger partial charge in [0.25, 0.3) is 0 Å². The van der Waals surface area contributed by atoms with E-state index in [1.54, 1.807) is 0 Å². The second-order valence-corrected chi connectivity index (χ2v) is 10.9. The Morgan fingerprint density at radius 2 is 1.42 bits per heavy atom. The molecule has 1 aromatic carbocycles. The van der Waals surface area contributed by atoms with E-state index in [0.717, 1.165) is 31.1 Å². The fourth-order valence-electron chi connectivity index (χ4n) is 6.26. The molecule has 0 atom stereocenters. The van der Waals surface area contributed by atoms with Crippen LogP contribution in [0, 0.1) is 28.6 Å². The minimum absolute atomic E-state index is 0.0263. The molecule has 0 heterocycles. The van der Waals surface area contributed by atoms with Crippen LogP contribution in [0.4, 0.5) is 0 Å². The minimum Gasteiger partial charge on any atom is -0.198 e. The van der Waals surface area contributed by atoms with Crippen molar-refractivity contribution in [3.63, 3.8) is 0 Å². The molecule has 0 unspecified atom stereocenters. The van der Waals surface area contributed by atoms with E-state index in [2.05, 4.69) is 44.2 Å². The van der Waals surface area contributed by atoms with E-state index in [-0.39, 0.29) is 5.41 Å². The third kappa shape index (κ3) is 7.37. The molecule has 0 amide bonds. The summed E-state index contributed by atoms with van der Waals surface area (Å²) in [4.78, 5) is 0. The molecule has 3 rings (SSSR count). The van der Waals surface area contributed by atoms with Crippen LogP contribution in [0.25, 0.3) is 0 Å². The van der Waals surface area contributed by atoms with Gasteiger partial charge in [-0.05, 0) is 73.8 Å². The molecule has 172 valence electrons. The van der Waals surface area contributed by atoms with Crippen molar-refractivity contribution in [3.8, 4) is 6.07 Å². The summed E-state index contributed by atoms with van der Waals surface area (Å²) in [6.45, 7) is 4.55. The van der Waals surface area contributed by atoms with Gasteiger partial charge in [-0.25, -0.2) is 0 Å². The zero-order valence-electron chi connectivity index (χ0n) is 20.5. The van der Waals surface area contributed by atoms with Crippen molar-refractivity contribution in [2.45, 2.75) is 129 Å². The molecule has 0 saturated heterocycles. The Hall–Kier alpha value is -1.29. The first-order chi connectivity index (χ1) is 15.2. The first kappa shape index (κ1) is 24.4. The van der Waals surface area contributed by atoms with Crippen LogP contribution < -0.4 is 0 Å². The third-order valence-corrected chi connectivity index (χ3v) is 8.66. The van der Waals surface area contributed by atoms with Gasteiger partial charge in [0.2, 0.25) is 0 Å². The predicted octanol–water partition coefficient (Wildman–Crippen LogP) is 9.36. The van der Waals surface area contributed by atoms with Crippen LogP contribution in [0.3, 0.4) is 0 Å². The Morgan fingerprint density at radius 3 is 2.00 bits per heavy atom. The first-order valence-corrected chi connectivity index (χ1v) is 13.7. The molecule has 31 heavy (non-hydrogen) atoms. The molecule has 2 aliphatic carbocycles. The monoisotopic (exact) mass is 421 g/mol. The zero-order chi connectivity index (χ0) is 21.9. The van der Waals surface area contributed by atoms with E-state index in [1.807, 2.05) is 0 Å². The van der Waals surface area contributed by atoms with Gasteiger partial charge in [-0.3, -0.25) is 0 Å². The van der Waals surface area contributed by atoms with Crippen molar-refractivity contribution in [1.29, 1.82) is 5.26 Å². The largest absolute Gasteiger partial charge is 0.198 e. The summed E-state index contributed by atoms with van der Waals surface area (Å²) in [6.07, 6.45) is 22.3. The van der Waals surface area contributed by atoms with Gasteiger partial charge < -0.3 is 0 Å². The van der Waals surface area contributed by atoms with Crippen LogP contribution in [-0.2, 0) is 6.42 Å². The summed E-state index contributed by atoms with van der Waals surface area (Å²) < 4.78 is 0. The topological polar surface area (TPSA) is 23.8 Å². The molecule has 1 nitrogen and oxygen atoms in total. The summed E-state index contributed by atoms with van der Waals surface area (Å²) >= 11 is 0. The Labute approximate surface area is 193 Å². The van der Waals surface area contributed by atoms with Gasteiger partial charge in [0, 0.05) is 0 Å². The van der Waals surface area contributed by atoms with Crippen LogP contribution in [0.1, 0.15) is 134 Å². The van der Waals surface area contributed by atoms with Crippen LogP contribution in [0.2, 0.25) is 0 Å². The number of unbranched alkanes of at least 4 members (excludes halogenated alkanes) is 3. The molecule has 1 aromatic rings. The normalized spacial score (nSPS) is 28.9. The van der Waals surface area contributed by atoms with Crippen molar-refractivity contribution < 1.29 is 0 Å². The second-order valence-electron chi connectivity index (χ2n) is 10.9. The van der Waals surface area contributed by atoms with Gasteiger partial charge in [0.05, 0.1) is 11.5 Å². The lowest BCUT2D eigenvalue weighted by Crippen LogP contribution is -2.25. The standard InChI is InChI=1S/C30H47N/c1-3-5-7-8-25-9-11-26(12-10-25)13-14-27-15-17-28(18-16-27)29-19-22-30(24-31,23-20-29)21-6-4-2/h15-18,25-26,29H,3-14,19-23H2,1-2H3. The summed E-state index contributed by atoms with van der Waals surface area (Å²) in [5, 5.41) is 9.74. The lowest BCUT2D eigenvalue weighted by Gasteiger charge is -2.35. The van der Waals surface area contributed by atoms with Crippen LogP contribution in [0.5, 0.6) is 0 Å². The highest BCUT2D eigenvalue weighted by Crippen LogP contribution is 2.45. The number of hydrogen-bond donors (Lipinski definition) is 0. The fourth-order valence-corrected chi connectivity index (χ4v) is 6.26. The summed E-state index contributed by atoms with van der Waals surface area (Å²) in [6, 6.07) is 12.3. The zero-order valence-corrected chi connectivity index (χ0v) is 20.5. The summed E-state index contributed by atoms with van der Waals surface area (Å²) in [5.74, 6) is 2.65. The molecule has 2 saturated carbocycles. The molecule has 0 aliphatic heterocycles. The summed E-state index contributed by atoms with van der Waals surface area (Å²) in [7, 11) is 0. The van der Waals surface area contributed by atoms with Crippen molar-refractivity contribution in [3.05, 3.63) is 35.4 Å². The molecule has 0 spiro atoms. The third-order valence-electron chi connectivity index (χ3n) is 8.66. The van der Waals surface area contributed by atoms with E-state index >= 15 is 0 Å². The average molecular weight is 422 g/mol. The maximum atomic E-state index is 9.74. The molecule has 0 N–H and O–H groups in total. The Balaban J connectivity index is 1.39. The fraction of sp³-hybridized carbons (Fsp3) is 0.767. The van der Waals surface area contributed by atoms with E-state index in [4.69, 9.17) is 0 Å². The van der Waals surface area contributed by atoms with Crippen LogP contribution in [-0.4, -0.2) is 0 Å². The highest BCUT2D eigenvalue weighted by Gasteiger charge is 2.35. The van der Waals surface area contributed by atoms with Crippen LogP contribution in [0.15, 0.2) is 24.3 Å². The number of rotatable bonds is 11. The van der Waals surface area contributed by atoms with Gasteiger partial charge >= 0.3 is 0 Å². The molecule has 2 aliphatic rings.